The lowest BCUT2D eigenvalue weighted by molar-refractivity contribution is -0.156. The van der Waals surface area contributed by atoms with Crippen LogP contribution < -0.4 is 0 Å². The molecule has 0 bridgehead atoms. The highest BCUT2D eigenvalue weighted by Crippen LogP contribution is 2.20. The number of aliphatic hydroxyl groups is 1. The third kappa shape index (κ3) is 28.8. The van der Waals surface area contributed by atoms with E-state index in [-0.39, 0.29) is 89.0 Å². The van der Waals surface area contributed by atoms with Gasteiger partial charge in [-0.05, 0) is 57.8 Å². The first-order chi connectivity index (χ1) is 31.5. The molecular weight excluding hydrogens is 837 g/mol. The van der Waals surface area contributed by atoms with Crippen LogP contribution in [0.15, 0.2) is 12.2 Å². The number of rotatable bonds is 35. The molecule has 2 rings (SSSR count). The van der Waals surface area contributed by atoms with Gasteiger partial charge in [0.25, 0.3) is 0 Å². The Kier molecular flexibility index (Phi) is 32.2. The molecule has 1 saturated heterocycles. The fourth-order valence-electron chi connectivity index (χ4n) is 7.86. The molecule has 2 heterocycles. The first-order valence-electron chi connectivity index (χ1n) is 25.2. The number of likely N-dealkylation sites (N-methyl/N-ethyl adjacent to an activating group) is 1. The molecule has 15 heteroatoms. The Morgan fingerprint density at radius 1 is 0.538 bits per heavy atom. The zero-order chi connectivity index (χ0) is 47.5. The molecule has 2 unspecified atom stereocenters. The number of hydrogen-bond donors (Lipinski definition) is 1. The van der Waals surface area contributed by atoms with Crippen LogP contribution in [0.25, 0.3) is 0 Å². The highest BCUT2D eigenvalue weighted by molar-refractivity contribution is 5.73. The first-order valence-corrected chi connectivity index (χ1v) is 25.2. The molecule has 0 spiro atoms. The van der Waals surface area contributed by atoms with Crippen molar-refractivity contribution in [3.63, 3.8) is 0 Å². The highest BCUT2D eigenvalue weighted by atomic mass is 16.6. The van der Waals surface area contributed by atoms with Gasteiger partial charge < -0.3 is 43.3 Å². The predicted octanol–water partition coefficient (Wildman–Crippen LogP) is 8.80. The lowest BCUT2D eigenvalue weighted by Crippen LogP contribution is -2.45. The molecule has 374 valence electrons. The van der Waals surface area contributed by atoms with Gasteiger partial charge in [-0.15, -0.1) is 0 Å². The van der Waals surface area contributed by atoms with Crippen molar-refractivity contribution in [1.29, 1.82) is 0 Å². The summed E-state index contributed by atoms with van der Waals surface area (Å²) in [6.45, 7) is 6.94. The van der Waals surface area contributed by atoms with Crippen molar-refractivity contribution >= 4 is 35.9 Å². The van der Waals surface area contributed by atoms with Gasteiger partial charge >= 0.3 is 35.9 Å². The third-order valence-electron chi connectivity index (χ3n) is 11.8. The van der Waals surface area contributed by atoms with Crippen LogP contribution in [0.2, 0.25) is 0 Å². The quantitative estimate of drug-likeness (QED) is 0.0275. The number of amides is 1. The lowest BCUT2D eigenvalue weighted by Gasteiger charge is -2.32. The molecule has 15 nitrogen and oxygen atoms in total. The fraction of sp³-hybridized carbons (Fsp3) is 0.840. The SMILES string of the molecule is CCCCCCCCC(=O)OCC(COC(=O)CCCCCCCC)CC(=O)O[C@@H]1C=C[C@H](OC(=O)CC(CO)COC(=O)CCCCCCCC)CN(C(=O)OC2CCCN(C)C2)C1. The van der Waals surface area contributed by atoms with Crippen molar-refractivity contribution in [3.8, 4) is 0 Å². The highest BCUT2D eigenvalue weighted by Gasteiger charge is 2.32. The van der Waals surface area contributed by atoms with E-state index in [0.29, 0.717) is 25.8 Å². The van der Waals surface area contributed by atoms with Crippen molar-refractivity contribution in [1.82, 2.24) is 9.80 Å². The van der Waals surface area contributed by atoms with Gasteiger partial charge in [0.2, 0.25) is 0 Å². The number of piperidine rings is 1. The second-order valence-corrected chi connectivity index (χ2v) is 18.2. The van der Waals surface area contributed by atoms with Crippen molar-refractivity contribution in [3.05, 3.63) is 12.2 Å². The number of ether oxygens (including phenoxy) is 6. The van der Waals surface area contributed by atoms with E-state index in [0.717, 1.165) is 109 Å². The minimum atomic E-state index is -0.949. The van der Waals surface area contributed by atoms with Gasteiger partial charge in [0, 0.05) is 44.2 Å². The Balaban J connectivity index is 2.08. The van der Waals surface area contributed by atoms with E-state index in [2.05, 4.69) is 25.7 Å². The summed E-state index contributed by atoms with van der Waals surface area (Å²) in [7, 11) is 1.96. The minimum absolute atomic E-state index is 0.0829. The molecule has 0 aromatic heterocycles. The Hall–Kier alpha value is -3.72. The maximum Gasteiger partial charge on any atom is 0.410 e. The van der Waals surface area contributed by atoms with Crippen LogP contribution in [0.4, 0.5) is 4.79 Å². The zero-order valence-electron chi connectivity index (χ0n) is 40.6. The van der Waals surface area contributed by atoms with Gasteiger partial charge in [-0.1, -0.05) is 117 Å². The van der Waals surface area contributed by atoms with Crippen LogP contribution in [0.5, 0.6) is 0 Å². The number of likely N-dealkylation sites (tertiary alicyclic amines) is 1. The van der Waals surface area contributed by atoms with Crippen LogP contribution in [0.3, 0.4) is 0 Å². The molecule has 0 aromatic carbocycles. The topological polar surface area (TPSA) is 185 Å². The van der Waals surface area contributed by atoms with E-state index < -0.39 is 48.7 Å². The number of carbonyl (C=O) groups is 6. The van der Waals surface area contributed by atoms with Gasteiger partial charge in [-0.3, -0.25) is 24.0 Å². The van der Waals surface area contributed by atoms with Crippen molar-refractivity contribution in [2.45, 2.75) is 200 Å². The summed E-state index contributed by atoms with van der Waals surface area (Å²) in [5, 5.41) is 9.98. The second-order valence-electron chi connectivity index (χ2n) is 18.2. The van der Waals surface area contributed by atoms with E-state index in [9.17, 15) is 33.9 Å². The number of unbranched alkanes of at least 4 members (excludes halogenated alkanes) is 15. The molecule has 0 saturated carbocycles. The Morgan fingerprint density at radius 3 is 1.35 bits per heavy atom. The van der Waals surface area contributed by atoms with Crippen LogP contribution >= 0.6 is 0 Å². The van der Waals surface area contributed by atoms with Crippen LogP contribution in [0, 0.1) is 11.8 Å². The Morgan fingerprint density at radius 2 is 0.938 bits per heavy atom. The molecule has 0 radical (unpaired) electrons. The molecule has 0 aliphatic carbocycles. The van der Waals surface area contributed by atoms with Crippen LogP contribution in [-0.2, 0) is 52.4 Å². The predicted molar refractivity (Wildman–Crippen MR) is 248 cm³/mol. The normalized spacial score (nSPS) is 18.1. The molecule has 2 aliphatic heterocycles. The van der Waals surface area contributed by atoms with E-state index in [1.807, 2.05) is 7.05 Å². The standard InChI is InChI=1S/C50H86N2O13/c1-5-8-11-14-17-20-25-45(54)60-37-40(36-53)31-48(57)63-43-28-29-44(35-52(34-43)50(59)65-42-24-23-30-51(4)33-42)64-49(58)32-41(38-61-46(55)26-21-18-15-12-9-6-2)39-62-47(56)27-22-19-16-13-10-7-3/h28-29,40-44,53H,5-27,30-39H2,1-4H3/t40?,42?,43-,44+/m0/s1. The molecule has 2 aliphatic rings. The van der Waals surface area contributed by atoms with Gasteiger partial charge in [0.05, 0.1) is 45.8 Å². The van der Waals surface area contributed by atoms with E-state index >= 15 is 0 Å². The molecule has 0 aromatic rings. The Bertz CT molecular complexity index is 1340. The van der Waals surface area contributed by atoms with Gasteiger partial charge in [-0.2, -0.15) is 0 Å². The molecule has 1 fully saturated rings. The lowest BCUT2D eigenvalue weighted by atomic mass is 10.1. The summed E-state index contributed by atoms with van der Waals surface area (Å²) < 4.78 is 34.0. The molecule has 1 N–H and O–H groups in total. The largest absolute Gasteiger partial charge is 0.465 e. The number of esters is 5. The van der Waals surface area contributed by atoms with Crippen molar-refractivity contribution < 1.29 is 62.3 Å². The first kappa shape index (κ1) is 57.4. The summed E-state index contributed by atoms with van der Waals surface area (Å²) in [5.74, 6) is -3.79. The van der Waals surface area contributed by atoms with E-state index in [1.54, 1.807) is 12.2 Å². The second kappa shape index (κ2) is 36.4. The average Bonchev–Trinajstić information content (AvgIpc) is 3.48. The number of hydrogen-bond acceptors (Lipinski definition) is 14. The number of nitrogens with zero attached hydrogens (tertiary/aromatic N) is 2. The maximum atomic E-state index is 13.7. The molecule has 4 atom stereocenters. The van der Waals surface area contributed by atoms with Crippen LogP contribution in [-0.4, -0.2) is 129 Å². The van der Waals surface area contributed by atoms with E-state index in [1.165, 1.54) is 11.3 Å². The third-order valence-corrected chi connectivity index (χ3v) is 11.8. The summed E-state index contributed by atoms with van der Waals surface area (Å²) >= 11 is 0. The minimum Gasteiger partial charge on any atom is -0.465 e. The molecule has 65 heavy (non-hydrogen) atoms. The molecular formula is C50H86N2O13. The smallest absolute Gasteiger partial charge is 0.410 e. The molecule has 1 amide bonds. The number of aliphatic hydroxyl groups excluding tert-OH is 1. The van der Waals surface area contributed by atoms with Crippen molar-refractivity contribution in [2.75, 3.05) is 59.7 Å². The summed E-state index contributed by atoms with van der Waals surface area (Å²) in [5.41, 5.74) is 0. The van der Waals surface area contributed by atoms with Gasteiger partial charge in [0.1, 0.15) is 18.3 Å². The summed E-state index contributed by atoms with van der Waals surface area (Å²) in [6, 6.07) is 0. The zero-order valence-corrected chi connectivity index (χ0v) is 40.6. The van der Waals surface area contributed by atoms with Crippen LogP contribution in [0.1, 0.15) is 181 Å². The number of carbonyl (C=O) groups excluding carboxylic acids is 6. The average molecular weight is 923 g/mol. The van der Waals surface area contributed by atoms with Crippen molar-refractivity contribution in [2.24, 2.45) is 11.8 Å². The summed E-state index contributed by atoms with van der Waals surface area (Å²) in [4.78, 5) is 81.5. The summed E-state index contributed by atoms with van der Waals surface area (Å²) in [6.07, 6.45) is 20.6. The van der Waals surface area contributed by atoms with Gasteiger partial charge in [-0.25, -0.2) is 4.79 Å². The van der Waals surface area contributed by atoms with Gasteiger partial charge in [0.15, 0.2) is 0 Å². The maximum absolute atomic E-state index is 13.7. The Labute approximate surface area is 390 Å². The van der Waals surface area contributed by atoms with E-state index in [4.69, 9.17) is 28.4 Å². The fourth-order valence-corrected chi connectivity index (χ4v) is 7.86. The monoisotopic (exact) mass is 923 g/mol.